The fourth-order valence-electron chi connectivity index (χ4n) is 1.76. The molecule has 0 bridgehead atoms. The Balaban J connectivity index is 1.89. The number of rotatable bonds is 4. The predicted molar refractivity (Wildman–Crippen MR) is 84.5 cm³/mol. The van der Waals surface area contributed by atoms with E-state index in [4.69, 9.17) is 5.73 Å². The Bertz CT molecular complexity index is 611. The molecule has 1 amide bonds. The van der Waals surface area contributed by atoms with Gasteiger partial charge in [0.05, 0.1) is 5.69 Å². The van der Waals surface area contributed by atoms with Gasteiger partial charge in [0, 0.05) is 16.6 Å². The van der Waals surface area contributed by atoms with E-state index in [0.29, 0.717) is 18.7 Å². The molecular formula is C15H16BrN3O. The van der Waals surface area contributed by atoms with Crippen LogP contribution in [0.1, 0.15) is 17.7 Å². The summed E-state index contributed by atoms with van der Waals surface area (Å²) >= 11 is 3.38. The minimum atomic E-state index is -0.0453. The van der Waals surface area contributed by atoms with Crippen LogP contribution in [0.5, 0.6) is 0 Å². The molecule has 0 aliphatic carbocycles. The van der Waals surface area contributed by atoms with Crippen molar-refractivity contribution in [1.29, 1.82) is 0 Å². The summed E-state index contributed by atoms with van der Waals surface area (Å²) in [5, 5.41) is 2.80. The van der Waals surface area contributed by atoms with Gasteiger partial charge in [-0.3, -0.25) is 4.79 Å². The lowest BCUT2D eigenvalue weighted by atomic mass is 10.1. The van der Waals surface area contributed by atoms with Gasteiger partial charge in [0.15, 0.2) is 0 Å². The maximum Gasteiger partial charge on any atom is 0.225 e. The second-order valence-electron chi connectivity index (χ2n) is 4.55. The van der Waals surface area contributed by atoms with Crippen molar-refractivity contribution in [3.8, 4) is 0 Å². The number of nitrogen functional groups attached to an aromatic ring is 1. The van der Waals surface area contributed by atoms with E-state index in [1.54, 1.807) is 6.07 Å². The average molecular weight is 334 g/mol. The van der Waals surface area contributed by atoms with E-state index >= 15 is 0 Å². The van der Waals surface area contributed by atoms with E-state index in [2.05, 4.69) is 26.2 Å². The molecular weight excluding hydrogens is 318 g/mol. The smallest absolute Gasteiger partial charge is 0.225 e. The third kappa shape index (κ3) is 4.06. The van der Waals surface area contributed by atoms with Crippen LogP contribution in [-0.2, 0) is 11.2 Å². The summed E-state index contributed by atoms with van der Waals surface area (Å²) in [7, 11) is 0. The highest BCUT2D eigenvalue weighted by molar-refractivity contribution is 9.10. The summed E-state index contributed by atoms with van der Waals surface area (Å²) in [5.74, 6) is 0.532. The minimum Gasteiger partial charge on any atom is -0.399 e. The van der Waals surface area contributed by atoms with E-state index in [1.807, 2.05) is 37.3 Å². The maximum atomic E-state index is 11.9. The van der Waals surface area contributed by atoms with Crippen molar-refractivity contribution in [1.82, 2.24) is 4.98 Å². The number of anilines is 2. The Morgan fingerprint density at radius 3 is 2.60 bits per heavy atom. The minimum absolute atomic E-state index is 0.0453. The zero-order valence-electron chi connectivity index (χ0n) is 11.2. The van der Waals surface area contributed by atoms with E-state index in [9.17, 15) is 4.79 Å². The van der Waals surface area contributed by atoms with Crippen LogP contribution < -0.4 is 11.1 Å². The van der Waals surface area contributed by atoms with Crippen molar-refractivity contribution in [2.75, 3.05) is 11.1 Å². The molecule has 5 heteroatoms. The molecule has 4 nitrogen and oxygen atoms in total. The van der Waals surface area contributed by atoms with Gasteiger partial charge in [0.25, 0.3) is 0 Å². The van der Waals surface area contributed by atoms with E-state index < -0.39 is 0 Å². The molecule has 20 heavy (non-hydrogen) atoms. The SMILES string of the molecule is Cc1nc(NC(=O)CCc2ccc(N)cc2)ccc1Br. The first kappa shape index (κ1) is 14.5. The zero-order chi connectivity index (χ0) is 14.5. The molecule has 0 fully saturated rings. The number of carbonyl (C=O) groups excluding carboxylic acids is 1. The van der Waals surface area contributed by atoms with Crippen molar-refractivity contribution in [2.24, 2.45) is 0 Å². The highest BCUT2D eigenvalue weighted by Gasteiger charge is 2.05. The van der Waals surface area contributed by atoms with Gasteiger partial charge in [-0.1, -0.05) is 12.1 Å². The Hall–Kier alpha value is -1.88. The fraction of sp³-hybridized carbons (Fsp3) is 0.200. The number of hydrogen-bond donors (Lipinski definition) is 2. The van der Waals surface area contributed by atoms with Crippen LogP contribution in [0.2, 0.25) is 0 Å². The van der Waals surface area contributed by atoms with Crippen LogP contribution in [0.3, 0.4) is 0 Å². The standard InChI is InChI=1S/C15H16BrN3O/c1-10-13(16)7-8-14(18-10)19-15(20)9-4-11-2-5-12(17)6-3-11/h2-3,5-8H,4,9,17H2,1H3,(H,18,19,20). The van der Waals surface area contributed by atoms with Crippen molar-refractivity contribution < 1.29 is 4.79 Å². The molecule has 0 radical (unpaired) electrons. The monoisotopic (exact) mass is 333 g/mol. The molecule has 1 heterocycles. The fourth-order valence-corrected chi connectivity index (χ4v) is 1.98. The Labute approximate surface area is 126 Å². The van der Waals surface area contributed by atoms with Crippen molar-refractivity contribution >= 4 is 33.3 Å². The Morgan fingerprint density at radius 2 is 1.95 bits per heavy atom. The lowest BCUT2D eigenvalue weighted by molar-refractivity contribution is -0.116. The first-order valence-corrected chi connectivity index (χ1v) is 7.11. The topological polar surface area (TPSA) is 68.0 Å². The van der Waals surface area contributed by atoms with Crippen LogP contribution in [0, 0.1) is 6.92 Å². The summed E-state index contributed by atoms with van der Waals surface area (Å²) in [6, 6.07) is 11.2. The molecule has 2 aromatic rings. The van der Waals surface area contributed by atoms with Gasteiger partial charge >= 0.3 is 0 Å². The van der Waals surface area contributed by atoms with Gasteiger partial charge < -0.3 is 11.1 Å². The van der Waals surface area contributed by atoms with Gasteiger partial charge in [0.1, 0.15) is 5.82 Å². The lowest BCUT2D eigenvalue weighted by Gasteiger charge is -2.06. The quantitative estimate of drug-likeness (QED) is 0.843. The average Bonchev–Trinajstić information content (AvgIpc) is 2.42. The van der Waals surface area contributed by atoms with Gasteiger partial charge in [-0.25, -0.2) is 4.98 Å². The van der Waals surface area contributed by atoms with Gasteiger partial charge in [-0.05, 0) is 59.1 Å². The van der Waals surface area contributed by atoms with Crippen molar-refractivity contribution in [3.05, 3.63) is 52.1 Å². The number of nitrogens with zero attached hydrogens (tertiary/aromatic N) is 1. The maximum absolute atomic E-state index is 11.9. The first-order chi connectivity index (χ1) is 9.54. The van der Waals surface area contributed by atoms with Crippen LogP contribution in [0.15, 0.2) is 40.9 Å². The molecule has 0 saturated carbocycles. The second-order valence-corrected chi connectivity index (χ2v) is 5.41. The van der Waals surface area contributed by atoms with E-state index in [1.165, 1.54) is 0 Å². The number of aromatic nitrogens is 1. The molecule has 2 rings (SSSR count). The number of nitrogens with two attached hydrogens (primary N) is 1. The summed E-state index contributed by atoms with van der Waals surface area (Å²) in [5.41, 5.74) is 8.29. The highest BCUT2D eigenvalue weighted by atomic mass is 79.9. The van der Waals surface area contributed by atoms with Crippen LogP contribution >= 0.6 is 15.9 Å². The number of nitrogens with one attached hydrogen (secondary N) is 1. The predicted octanol–water partition coefficient (Wildman–Crippen LogP) is 3.31. The third-order valence-corrected chi connectivity index (χ3v) is 3.75. The number of halogens is 1. The molecule has 0 atom stereocenters. The molecule has 0 unspecified atom stereocenters. The van der Waals surface area contributed by atoms with Gasteiger partial charge in [-0.2, -0.15) is 0 Å². The van der Waals surface area contributed by atoms with Crippen molar-refractivity contribution in [3.63, 3.8) is 0 Å². The molecule has 3 N–H and O–H groups in total. The molecule has 104 valence electrons. The third-order valence-electron chi connectivity index (χ3n) is 2.91. The number of hydrogen-bond acceptors (Lipinski definition) is 3. The van der Waals surface area contributed by atoms with Crippen LogP contribution in [0.4, 0.5) is 11.5 Å². The Morgan fingerprint density at radius 1 is 1.25 bits per heavy atom. The Kier molecular flexibility index (Phi) is 4.74. The summed E-state index contributed by atoms with van der Waals surface area (Å²) < 4.78 is 0.928. The number of carbonyl (C=O) groups is 1. The first-order valence-electron chi connectivity index (χ1n) is 6.32. The number of aryl methyl sites for hydroxylation is 2. The molecule has 0 saturated heterocycles. The molecule has 0 spiro atoms. The van der Waals surface area contributed by atoms with Gasteiger partial charge in [-0.15, -0.1) is 0 Å². The lowest BCUT2D eigenvalue weighted by Crippen LogP contribution is -2.13. The molecule has 1 aromatic carbocycles. The van der Waals surface area contributed by atoms with Crippen LogP contribution in [0.25, 0.3) is 0 Å². The van der Waals surface area contributed by atoms with E-state index in [0.717, 1.165) is 21.4 Å². The molecule has 0 aliphatic heterocycles. The molecule has 0 aliphatic rings. The van der Waals surface area contributed by atoms with Crippen molar-refractivity contribution in [2.45, 2.75) is 19.8 Å². The summed E-state index contributed by atoms with van der Waals surface area (Å²) in [4.78, 5) is 16.1. The summed E-state index contributed by atoms with van der Waals surface area (Å²) in [6.45, 7) is 1.88. The second kappa shape index (κ2) is 6.52. The van der Waals surface area contributed by atoms with Crippen LogP contribution in [-0.4, -0.2) is 10.9 Å². The number of pyridine rings is 1. The zero-order valence-corrected chi connectivity index (χ0v) is 12.8. The molecule has 1 aromatic heterocycles. The highest BCUT2D eigenvalue weighted by Crippen LogP contribution is 2.16. The van der Waals surface area contributed by atoms with E-state index in [-0.39, 0.29) is 5.91 Å². The van der Waals surface area contributed by atoms with Gasteiger partial charge in [0.2, 0.25) is 5.91 Å². The number of amides is 1. The largest absolute Gasteiger partial charge is 0.399 e. The number of benzene rings is 1. The summed E-state index contributed by atoms with van der Waals surface area (Å²) in [6.07, 6.45) is 1.10. The normalized spacial score (nSPS) is 10.3.